The van der Waals surface area contributed by atoms with Crippen molar-refractivity contribution in [3.63, 3.8) is 0 Å². The lowest BCUT2D eigenvalue weighted by Gasteiger charge is -2.24. The van der Waals surface area contributed by atoms with E-state index in [1.807, 2.05) is 0 Å². The first-order valence-electron chi connectivity index (χ1n) is 3.93. The van der Waals surface area contributed by atoms with Crippen LogP contribution >= 0.6 is 0 Å². The molecule has 0 bridgehead atoms. The van der Waals surface area contributed by atoms with Crippen molar-refractivity contribution in [2.45, 2.75) is 0 Å². The van der Waals surface area contributed by atoms with E-state index in [0.29, 0.717) is 19.7 Å². The predicted octanol–water partition coefficient (Wildman–Crippen LogP) is -1.36. The van der Waals surface area contributed by atoms with Gasteiger partial charge in [-0.25, -0.2) is 0 Å². The van der Waals surface area contributed by atoms with Crippen LogP contribution in [0.5, 0.6) is 0 Å². The van der Waals surface area contributed by atoms with Gasteiger partial charge >= 0.3 is 5.97 Å². The Morgan fingerprint density at radius 3 is 3.08 bits per heavy atom. The Bertz CT molecular complexity index is 164. The van der Waals surface area contributed by atoms with Gasteiger partial charge in [-0.2, -0.15) is 0 Å². The molecule has 70 valence electrons. The van der Waals surface area contributed by atoms with Crippen LogP contribution in [0.3, 0.4) is 0 Å². The molecule has 1 saturated heterocycles. The zero-order valence-corrected chi connectivity index (χ0v) is 6.88. The molecule has 0 radical (unpaired) electrons. The van der Waals surface area contributed by atoms with Crippen molar-refractivity contribution in [2.75, 3.05) is 32.8 Å². The molecule has 0 aromatic rings. The zero-order valence-electron chi connectivity index (χ0n) is 6.88. The van der Waals surface area contributed by atoms with E-state index < -0.39 is 11.4 Å². The van der Waals surface area contributed by atoms with Crippen molar-refractivity contribution in [1.82, 2.24) is 5.32 Å². The average molecular weight is 174 g/mol. The molecule has 1 atom stereocenters. The Hall–Kier alpha value is -0.650. The molecule has 0 aromatic carbocycles. The van der Waals surface area contributed by atoms with Gasteiger partial charge in [-0.1, -0.05) is 0 Å². The highest BCUT2D eigenvalue weighted by atomic mass is 16.5. The molecule has 1 fully saturated rings. The molecule has 1 rings (SSSR count). The summed E-state index contributed by atoms with van der Waals surface area (Å²) in [4.78, 5) is 10.9. The summed E-state index contributed by atoms with van der Waals surface area (Å²) in [5.41, 5.74) is 4.47. The first kappa shape index (κ1) is 9.44. The fraction of sp³-hybridized carbons (Fsp3) is 0.857. The number of carboxylic acid groups (broad SMARTS) is 1. The lowest BCUT2D eigenvalue weighted by atomic mass is 9.89. The normalized spacial score (nSPS) is 31.1. The summed E-state index contributed by atoms with van der Waals surface area (Å²) in [5.74, 6) is -0.889. The molecule has 5 nitrogen and oxygen atoms in total. The number of hydrogen-bond acceptors (Lipinski definition) is 4. The summed E-state index contributed by atoms with van der Waals surface area (Å²) in [6.45, 7) is 1.93. The number of nitrogens with one attached hydrogen (secondary N) is 1. The van der Waals surface area contributed by atoms with Crippen LogP contribution in [0.4, 0.5) is 0 Å². The standard InChI is InChI=1S/C7H14N2O3/c8-3-7(6(10)11)4-9-1-2-12-5-7/h9H,1-5,8H2,(H,10,11). The molecule has 1 heterocycles. The molecule has 1 aliphatic heterocycles. The average Bonchev–Trinajstić information content (AvgIpc) is 2.29. The highest BCUT2D eigenvalue weighted by Gasteiger charge is 2.38. The minimum atomic E-state index is -0.934. The third-order valence-electron chi connectivity index (χ3n) is 2.11. The fourth-order valence-electron chi connectivity index (χ4n) is 1.15. The number of rotatable bonds is 2. The van der Waals surface area contributed by atoms with Gasteiger partial charge in [0, 0.05) is 19.6 Å². The van der Waals surface area contributed by atoms with Crippen molar-refractivity contribution in [2.24, 2.45) is 11.1 Å². The predicted molar refractivity (Wildman–Crippen MR) is 42.8 cm³/mol. The van der Waals surface area contributed by atoms with Gasteiger partial charge in [-0.3, -0.25) is 4.79 Å². The van der Waals surface area contributed by atoms with Crippen LogP contribution < -0.4 is 11.1 Å². The number of ether oxygens (including phenoxy) is 1. The molecule has 1 unspecified atom stereocenters. The van der Waals surface area contributed by atoms with Crippen LogP contribution in [-0.2, 0) is 9.53 Å². The largest absolute Gasteiger partial charge is 0.481 e. The van der Waals surface area contributed by atoms with Crippen molar-refractivity contribution in [3.05, 3.63) is 0 Å². The second kappa shape index (κ2) is 3.84. The topological polar surface area (TPSA) is 84.6 Å². The number of nitrogens with two attached hydrogens (primary N) is 1. The maximum Gasteiger partial charge on any atom is 0.314 e. The lowest BCUT2D eigenvalue weighted by Crippen LogP contribution is -2.48. The Kier molecular flexibility index (Phi) is 3.02. The maximum absolute atomic E-state index is 10.9. The van der Waals surface area contributed by atoms with Crippen LogP contribution in [0.1, 0.15) is 0 Å². The number of carbonyl (C=O) groups is 1. The molecule has 0 aliphatic carbocycles. The Labute approximate surface area is 70.9 Å². The lowest BCUT2D eigenvalue weighted by molar-refractivity contribution is -0.150. The van der Waals surface area contributed by atoms with Crippen LogP contribution in [0.2, 0.25) is 0 Å². The van der Waals surface area contributed by atoms with Crippen LogP contribution in [-0.4, -0.2) is 43.9 Å². The summed E-state index contributed by atoms with van der Waals surface area (Å²) >= 11 is 0. The van der Waals surface area contributed by atoms with E-state index in [-0.39, 0.29) is 13.2 Å². The van der Waals surface area contributed by atoms with E-state index in [9.17, 15) is 4.79 Å². The van der Waals surface area contributed by atoms with Gasteiger partial charge in [0.05, 0.1) is 13.2 Å². The van der Waals surface area contributed by atoms with Crippen LogP contribution in [0.25, 0.3) is 0 Å². The molecule has 1 aliphatic rings. The van der Waals surface area contributed by atoms with E-state index in [0.717, 1.165) is 0 Å². The first-order valence-corrected chi connectivity index (χ1v) is 3.93. The maximum atomic E-state index is 10.9. The van der Waals surface area contributed by atoms with E-state index in [1.54, 1.807) is 0 Å². The number of aliphatic carboxylic acids is 1. The highest BCUT2D eigenvalue weighted by molar-refractivity contribution is 5.75. The van der Waals surface area contributed by atoms with Crippen molar-refractivity contribution < 1.29 is 14.6 Å². The summed E-state index contributed by atoms with van der Waals surface area (Å²) in [7, 11) is 0. The van der Waals surface area contributed by atoms with Crippen LogP contribution in [0.15, 0.2) is 0 Å². The molecule has 5 heteroatoms. The molecule has 0 spiro atoms. The Morgan fingerprint density at radius 2 is 2.50 bits per heavy atom. The summed E-state index contributed by atoms with van der Waals surface area (Å²) in [6, 6.07) is 0. The monoisotopic (exact) mass is 174 g/mol. The quantitative estimate of drug-likeness (QED) is 0.481. The van der Waals surface area contributed by atoms with Gasteiger partial charge < -0.3 is 20.9 Å². The second-order valence-electron chi connectivity index (χ2n) is 3.02. The van der Waals surface area contributed by atoms with E-state index in [4.69, 9.17) is 15.6 Å². The Morgan fingerprint density at radius 1 is 1.75 bits per heavy atom. The van der Waals surface area contributed by atoms with Gasteiger partial charge in [0.1, 0.15) is 5.41 Å². The first-order chi connectivity index (χ1) is 5.71. The summed E-state index contributed by atoms with van der Waals surface area (Å²) in [6.07, 6.45) is 0. The van der Waals surface area contributed by atoms with E-state index in [1.165, 1.54) is 0 Å². The minimum Gasteiger partial charge on any atom is -0.481 e. The Balaban J connectivity index is 2.68. The van der Waals surface area contributed by atoms with E-state index in [2.05, 4.69) is 5.32 Å². The van der Waals surface area contributed by atoms with Gasteiger partial charge in [0.25, 0.3) is 0 Å². The van der Waals surface area contributed by atoms with E-state index >= 15 is 0 Å². The van der Waals surface area contributed by atoms with Gasteiger partial charge in [-0.15, -0.1) is 0 Å². The van der Waals surface area contributed by atoms with Crippen LogP contribution in [0, 0.1) is 5.41 Å². The SMILES string of the molecule is NCC1(C(=O)O)CNCCOC1. The zero-order chi connectivity index (χ0) is 9.03. The molecule has 12 heavy (non-hydrogen) atoms. The third-order valence-corrected chi connectivity index (χ3v) is 2.11. The van der Waals surface area contributed by atoms with Gasteiger partial charge in [-0.05, 0) is 0 Å². The second-order valence-corrected chi connectivity index (χ2v) is 3.02. The molecule has 0 amide bonds. The summed E-state index contributed by atoms with van der Waals surface area (Å²) in [5, 5.41) is 11.9. The molecule has 0 aromatic heterocycles. The van der Waals surface area contributed by atoms with Gasteiger partial charge in [0.2, 0.25) is 0 Å². The minimum absolute atomic E-state index is 0.106. The van der Waals surface area contributed by atoms with Crippen molar-refractivity contribution in [3.8, 4) is 0 Å². The van der Waals surface area contributed by atoms with Crippen molar-refractivity contribution >= 4 is 5.97 Å². The summed E-state index contributed by atoms with van der Waals surface area (Å²) < 4.78 is 5.14. The highest BCUT2D eigenvalue weighted by Crippen LogP contribution is 2.16. The third kappa shape index (κ3) is 1.74. The van der Waals surface area contributed by atoms with Gasteiger partial charge in [0.15, 0.2) is 0 Å². The fourth-order valence-corrected chi connectivity index (χ4v) is 1.15. The number of carboxylic acids is 1. The molecular formula is C7H14N2O3. The number of hydrogen-bond donors (Lipinski definition) is 3. The van der Waals surface area contributed by atoms with Crippen molar-refractivity contribution in [1.29, 1.82) is 0 Å². The molecule has 0 saturated carbocycles. The smallest absolute Gasteiger partial charge is 0.314 e. The molecular weight excluding hydrogens is 160 g/mol. The molecule has 4 N–H and O–H groups in total.